The van der Waals surface area contributed by atoms with Crippen LogP contribution in [0.5, 0.6) is 0 Å². The minimum atomic E-state index is -1.19. The summed E-state index contributed by atoms with van der Waals surface area (Å²) in [7, 11) is 0. The van der Waals surface area contributed by atoms with Crippen LogP contribution in [0, 0.1) is 0 Å². The minimum Gasteiger partial charge on any atom is -0.545 e. The topological polar surface area (TPSA) is 161 Å². The number of aromatic carboxylic acids is 2. The number of pyridine rings is 2. The fourth-order valence-electron chi connectivity index (χ4n) is 0.967. The second kappa shape index (κ2) is 11.9. The van der Waals surface area contributed by atoms with Crippen molar-refractivity contribution in [3.63, 3.8) is 0 Å². The van der Waals surface area contributed by atoms with E-state index >= 15 is 0 Å². The lowest BCUT2D eigenvalue weighted by atomic mass is 10.3. The zero-order valence-electron chi connectivity index (χ0n) is 12.0. The Kier molecular flexibility index (Phi) is 10.4. The van der Waals surface area contributed by atoms with Gasteiger partial charge in [0.25, 0.3) is 0 Å². The number of carbonyl (C=O) groups is 2. The first-order valence-electron chi connectivity index (χ1n) is 6.34. The standard InChI is InChI=1S/2C6H5NO2.C2H8N2/c2*8-6(9)5-2-1-3-7-4-5;3-1-2-4/h2*1-4H,(H,8,9);1-4H2. The van der Waals surface area contributed by atoms with Gasteiger partial charge in [0.1, 0.15) is 13.1 Å². The molecule has 0 atom stereocenters. The maximum Gasteiger partial charge on any atom is 0.124 e. The van der Waals surface area contributed by atoms with Gasteiger partial charge in [0.15, 0.2) is 0 Å². The van der Waals surface area contributed by atoms with Crippen molar-refractivity contribution in [2.45, 2.75) is 0 Å². The second-order valence-corrected chi connectivity index (χ2v) is 3.77. The van der Waals surface area contributed by atoms with Crippen LogP contribution in [-0.4, -0.2) is 35.0 Å². The summed E-state index contributed by atoms with van der Waals surface area (Å²) < 4.78 is 0. The molecule has 0 amide bonds. The number of carbonyl (C=O) groups excluding carboxylic acids is 2. The van der Waals surface area contributed by atoms with Crippen LogP contribution in [0.25, 0.3) is 0 Å². The lowest BCUT2D eigenvalue weighted by Gasteiger charge is -1.97. The number of aromatic nitrogens is 2. The van der Waals surface area contributed by atoms with Gasteiger partial charge in [-0.1, -0.05) is 12.1 Å². The van der Waals surface area contributed by atoms with Crippen molar-refractivity contribution in [3.8, 4) is 0 Å². The fourth-order valence-corrected chi connectivity index (χ4v) is 0.967. The van der Waals surface area contributed by atoms with Gasteiger partial charge in [-0.15, -0.1) is 0 Å². The molecule has 0 bridgehead atoms. The monoisotopic (exact) mass is 306 g/mol. The smallest absolute Gasteiger partial charge is 0.124 e. The molecule has 0 aromatic carbocycles. The molecule has 0 aliphatic carbocycles. The number of hydrogen-bond acceptors (Lipinski definition) is 6. The van der Waals surface area contributed by atoms with E-state index < -0.39 is 11.9 Å². The Hall–Kier alpha value is -2.84. The highest BCUT2D eigenvalue weighted by atomic mass is 16.4. The van der Waals surface area contributed by atoms with Gasteiger partial charge < -0.3 is 31.3 Å². The molecule has 6 N–H and O–H groups in total. The zero-order valence-corrected chi connectivity index (χ0v) is 12.0. The number of hydrogen-bond donors (Lipinski definition) is 2. The molecule has 0 saturated carbocycles. The van der Waals surface area contributed by atoms with E-state index in [2.05, 4.69) is 21.4 Å². The lowest BCUT2D eigenvalue weighted by molar-refractivity contribution is -0.453. The summed E-state index contributed by atoms with van der Waals surface area (Å²) >= 11 is 0. The van der Waals surface area contributed by atoms with Gasteiger partial charge >= 0.3 is 0 Å². The van der Waals surface area contributed by atoms with Crippen LogP contribution < -0.4 is 21.7 Å². The molecule has 8 nitrogen and oxygen atoms in total. The van der Waals surface area contributed by atoms with Crippen molar-refractivity contribution in [2.24, 2.45) is 0 Å². The first kappa shape index (κ1) is 19.2. The SMILES string of the molecule is O=C([O-])c1cccnc1.O=C([O-])c1cccnc1.[NH3+]CC[NH3+]. The first-order chi connectivity index (χ1) is 10.5. The third kappa shape index (κ3) is 9.13. The van der Waals surface area contributed by atoms with E-state index in [-0.39, 0.29) is 11.1 Å². The molecule has 2 aromatic rings. The summed E-state index contributed by atoms with van der Waals surface area (Å²) in [4.78, 5) is 27.3. The maximum atomic E-state index is 10.0. The van der Waals surface area contributed by atoms with Crippen molar-refractivity contribution in [2.75, 3.05) is 13.1 Å². The van der Waals surface area contributed by atoms with E-state index in [1.807, 2.05) is 0 Å². The Morgan fingerprint density at radius 1 is 0.864 bits per heavy atom. The van der Waals surface area contributed by atoms with Crippen molar-refractivity contribution in [3.05, 3.63) is 60.2 Å². The van der Waals surface area contributed by atoms with E-state index in [1.54, 1.807) is 12.1 Å². The van der Waals surface area contributed by atoms with E-state index in [0.717, 1.165) is 13.1 Å². The number of rotatable bonds is 3. The van der Waals surface area contributed by atoms with E-state index in [9.17, 15) is 19.8 Å². The number of quaternary nitrogens is 2. The average molecular weight is 306 g/mol. The molecule has 2 aromatic heterocycles. The predicted molar refractivity (Wildman–Crippen MR) is 72.6 cm³/mol. The number of nitrogens with zero attached hydrogens (tertiary/aromatic N) is 2. The van der Waals surface area contributed by atoms with Gasteiger partial charge in [0.05, 0.1) is 11.9 Å². The third-order valence-electron chi connectivity index (χ3n) is 2.04. The normalized spacial score (nSPS) is 8.64. The predicted octanol–water partition coefficient (Wildman–Crippen LogP) is -3.64. The molecule has 0 radical (unpaired) electrons. The van der Waals surface area contributed by atoms with E-state index in [4.69, 9.17) is 0 Å². The molecule has 0 spiro atoms. The summed E-state index contributed by atoms with van der Waals surface area (Å²) in [6.45, 7) is 1.92. The van der Waals surface area contributed by atoms with Gasteiger partial charge in [0.2, 0.25) is 0 Å². The maximum absolute atomic E-state index is 10.0. The summed E-state index contributed by atoms with van der Waals surface area (Å²) in [5.74, 6) is -2.38. The summed E-state index contributed by atoms with van der Waals surface area (Å²) in [6, 6.07) is 5.96. The average Bonchev–Trinajstić information content (AvgIpc) is 2.57. The Morgan fingerprint density at radius 2 is 1.23 bits per heavy atom. The second-order valence-electron chi connectivity index (χ2n) is 3.77. The van der Waals surface area contributed by atoms with Gasteiger partial charge in [0, 0.05) is 35.9 Å². The molecule has 118 valence electrons. The summed E-state index contributed by atoms with van der Waals surface area (Å²) in [5, 5.41) is 20.1. The molecule has 0 fully saturated rings. The summed E-state index contributed by atoms with van der Waals surface area (Å²) in [6.07, 6.45) is 5.50. The van der Waals surface area contributed by atoms with Gasteiger partial charge in [-0.3, -0.25) is 9.97 Å². The van der Waals surface area contributed by atoms with Crippen LogP contribution in [-0.2, 0) is 0 Å². The highest BCUT2D eigenvalue weighted by molar-refractivity contribution is 5.85. The first-order valence-corrected chi connectivity index (χ1v) is 6.34. The van der Waals surface area contributed by atoms with Gasteiger partial charge in [-0.05, 0) is 12.1 Å². The molecule has 0 unspecified atom stereocenters. The number of carboxylic acid groups (broad SMARTS) is 2. The minimum absolute atomic E-state index is 0.109. The molecule has 2 heterocycles. The molecule has 22 heavy (non-hydrogen) atoms. The molecular weight excluding hydrogens is 288 g/mol. The zero-order chi connectivity index (χ0) is 16.8. The molecule has 8 heteroatoms. The van der Waals surface area contributed by atoms with Crippen LogP contribution >= 0.6 is 0 Å². The van der Waals surface area contributed by atoms with E-state index in [0.29, 0.717) is 0 Å². The lowest BCUT2D eigenvalue weighted by Crippen LogP contribution is -2.64. The van der Waals surface area contributed by atoms with Crippen molar-refractivity contribution in [1.82, 2.24) is 9.97 Å². The highest BCUT2D eigenvalue weighted by Gasteiger charge is 1.87. The Balaban J connectivity index is 0.000000326. The van der Waals surface area contributed by atoms with Gasteiger partial charge in [-0.2, -0.15) is 0 Å². The number of carboxylic acids is 2. The van der Waals surface area contributed by atoms with Crippen molar-refractivity contribution < 1.29 is 31.3 Å². The van der Waals surface area contributed by atoms with Crippen LogP contribution in [0.4, 0.5) is 0 Å². The molecule has 2 rings (SSSR count). The Morgan fingerprint density at radius 3 is 1.36 bits per heavy atom. The quantitative estimate of drug-likeness (QED) is 0.594. The molecule has 0 saturated heterocycles. The van der Waals surface area contributed by atoms with Crippen LogP contribution in [0.2, 0.25) is 0 Å². The summed E-state index contributed by atoms with van der Waals surface area (Å²) in [5.41, 5.74) is 7.30. The molecule has 0 aliphatic heterocycles. The third-order valence-corrected chi connectivity index (χ3v) is 2.04. The van der Waals surface area contributed by atoms with Crippen LogP contribution in [0.1, 0.15) is 20.7 Å². The van der Waals surface area contributed by atoms with Crippen molar-refractivity contribution in [1.29, 1.82) is 0 Å². The highest BCUT2D eigenvalue weighted by Crippen LogP contribution is 1.91. The molecule has 0 aliphatic rings. The van der Waals surface area contributed by atoms with Crippen molar-refractivity contribution >= 4 is 11.9 Å². The van der Waals surface area contributed by atoms with E-state index in [1.165, 1.54) is 36.9 Å². The Labute approximate surface area is 127 Å². The van der Waals surface area contributed by atoms with Gasteiger partial charge in [-0.25, -0.2) is 0 Å². The fraction of sp³-hybridized carbons (Fsp3) is 0.143. The largest absolute Gasteiger partial charge is 0.545 e. The Bertz CT molecular complexity index is 498. The van der Waals surface area contributed by atoms with Crippen LogP contribution in [0.15, 0.2) is 49.1 Å². The molecular formula is C14H18N4O4. The van der Waals surface area contributed by atoms with Crippen LogP contribution in [0.3, 0.4) is 0 Å².